The lowest BCUT2D eigenvalue weighted by atomic mass is 10.1. The van der Waals surface area contributed by atoms with Crippen LogP contribution in [0.3, 0.4) is 0 Å². The zero-order chi connectivity index (χ0) is 14.8. The van der Waals surface area contributed by atoms with Crippen LogP contribution >= 0.6 is 0 Å². The molecule has 1 aliphatic rings. The lowest BCUT2D eigenvalue weighted by Gasteiger charge is -2.13. The van der Waals surface area contributed by atoms with Crippen LogP contribution in [0.4, 0.5) is 11.4 Å². The van der Waals surface area contributed by atoms with Gasteiger partial charge in [0, 0.05) is 6.54 Å². The van der Waals surface area contributed by atoms with E-state index in [9.17, 15) is 14.9 Å². The zero-order valence-electron chi connectivity index (χ0n) is 11.2. The van der Waals surface area contributed by atoms with Gasteiger partial charge >= 0.3 is 0 Å². The second-order valence-corrected chi connectivity index (χ2v) is 4.81. The van der Waals surface area contributed by atoms with Gasteiger partial charge in [-0.15, -0.1) is 0 Å². The predicted octanol–water partition coefficient (Wildman–Crippen LogP) is 1.67. The molecular weight excluding hydrogens is 262 g/mol. The number of ether oxygens (including phenoxy) is 1. The number of nitrogens with one attached hydrogen (secondary N) is 1. The Hall–Kier alpha value is -2.15. The molecule has 0 atom stereocenters. The van der Waals surface area contributed by atoms with Gasteiger partial charge in [-0.05, 0) is 31.9 Å². The number of amides is 1. The van der Waals surface area contributed by atoms with E-state index in [-0.39, 0.29) is 23.8 Å². The lowest BCUT2D eigenvalue weighted by molar-refractivity contribution is -0.384. The van der Waals surface area contributed by atoms with Crippen LogP contribution in [-0.2, 0) is 4.79 Å². The fraction of sp³-hybridized carbons (Fsp3) is 0.462. The summed E-state index contributed by atoms with van der Waals surface area (Å²) in [7, 11) is 0. The summed E-state index contributed by atoms with van der Waals surface area (Å²) in [6, 6.07) is 4.38. The first kappa shape index (κ1) is 14.3. The van der Waals surface area contributed by atoms with Gasteiger partial charge in [0.05, 0.1) is 23.0 Å². The van der Waals surface area contributed by atoms with Gasteiger partial charge in [-0.25, -0.2) is 0 Å². The van der Waals surface area contributed by atoms with Gasteiger partial charge in [0.15, 0.2) is 0 Å². The maximum absolute atomic E-state index is 12.1. The van der Waals surface area contributed by atoms with E-state index in [1.165, 1.54) is 12.1 Å². The molecule has 1 aromatic carbocycles. The molecule has 1 saturated carbocycles. The number of rotatable bonds is 6. The quantitative estimate of drug-likeness (QED) is 0.608. The molecule has 108 valence electrons. The third kappa shape index (κ3) is 2.72. The topological polar surface area (TPSA) is 107 Å². The summed E-state index contributed by atoms with van der Waals surface area (Å²) in [5, 5.41) is 13.7. The standard InChI is InChI=1S/C13H17N3O4/c1-2-20-9-3-4-10(11(7-9)16(18)19)15-12(17)13(8-14)5-6-13/h3-4,7H,2,5-6,8,14H2,1H3,(H,15,17). The van der Waals surface area contributed by atoms with Gasteiger partial charge in [0.1, 0.15) is 11.4 Å². The molecule has 2 rings (SSSR count). The molecule has 7 heteroatoms. The molecule has 0 unspecified atom stereocenters. The van der Waals surface area contributed by atoms with E-state index < -0.39 is 10.3 Å². The first-order valence-electron chi connectivity index (χ1n) is 6.45. The summed E-state index contributed by atoms with van der Waals surface area (Å²) >= 11 is 0. The largest absolute Gasteiger partial charge is 0.494 e. The van der Waals surface area contributed by atoms with E-state index in [2.05, 4.69) is 5.32 Å². The molecular formula is C13H17N3O4. The van der Waals surface area contributed by atoms with Crippen molar-refractivity contribution in [2.45, 2.75) is 19.8 Å². The van der Waals surface area contributed by atoms with Gasteiger partial charge in [0.2, 0.25) is 5.91 Å². The number of benzene rings is 1. The summed E-state index contributed by atoms with van der Waals surface area (Å²) in [4.78, 5) is 22.6. The van der Waals surface area contributed by atoms with Crippen molar-refractivity contribution < 1.29 is 14.5 Å². The SMILES string of the molecule is CCOc1ccc(NC(=O)C2(CN)CC2)c([N+](=O)[O-])c1. The van der Waals surface area contributed by atoms with Gasteiger partial charge < -0.3 is 15.8 Å². The van der Waals surface area contributed by atoms with Gasteiger partial charge in [-0.3, -0.25) is 14.9 Å². The predicted molar refractivity (Wildman–Crippen MR) is 73.6 cm³/mol. The summed E-state index contributed by atoms with van der Waals surface area (Å²) in [5.74, 6) is 0.143. The minimum absolute atomic E-state index is 0.170. The van der Waals surface area contributed by atoms with Crippen LogP contribution in [0.5, 0.6) is 5.75 Å². The first-order valence-corrected chi connectivity index (χ1v) is 6.45. The molecule has 0 radical (unpaired) electrons. The van der Waals surface area contributed by atoms with E-state index in [0.29, 0.717) is 12.4 Å². The average Bonchev–Trinajstić information content (AvgIpc) is 3.21. The molecule has 1 fully saturated rings. The maximum Gasteiger partial charge on any atom is 0.296 e. The van der Waals surface area contributed by atoms with Crippen molar-refractivity contribution >= 4 is 17.3 Å². The number of nitro benzene ring substituents is 1. The van der Waals surface area contributed by atoms with Crippen LogP contribution in [0.25, 0.3) is 0 Å². The Labute approximate surface area is 116 Å². The molecule has 1 aromatic rings. The molecule has 0 aliphatic heterocycles. The Morgan fingerprint density at radius 2 is 2.25 bits per heavy atom. The van der Waals surface area contributed by atoms with Gasteiger partial charge in [-0.2, -0.15) is 0 Å². The number of carbonyl (C=O) groups is 1. The highest BCUT2D eigenvalue weighted by Crippen LogP contribution is 2.45. The highest BCUT2D eigenvalue weighted by atomic mass is 16.6. The zero-order valence-corrected chi connectivity index (χ0v) is 11.2. The Balaban J connectivity index is 2.22. The number of nitro groups is 1. The van der Waals surface area contributed by atoms with Crippen molar-refractivity contribution in [3.05, 3.63) is 28.3 Å². The van der Waals surface area contributed by atoms with E-state index in [1.54, 1.807) is 13.0 Å². The molecule has 20 heavy (non-hydrogen) atoms. The van der Waals surface area contributed by atoms with Crippen LogP contribution < -0.4 is 15.8 Å². The van der Waals surface area contributed by atoms with Crippen LogP contribution in [0.2, 0.25) is 0 Å². The lowest BCUT2D eigenvalue weighted by Crippen LogP contribution is -2.31. The van der Waals surface area contributed by atoms with E-state index in [1.807, 2.05) is 0 Å². The fourth-order valence-corrected chi connectivity index (χ4v) is 1.95. The van der Waals surface area contributed by atoms with Crippen LogP contribution in [0, 0.1) is 15.5 Å². The van der Waals surface area contributed by atoms with Crippen molar-refractivity contribution in [1.29, 1.82) is 0 Å². The normalized spacial score (nSPS) is 15.5. The number of hydrogen-bond donors (Lipinski definition) is 2. The number of anilines is 1. The smallest absolute Gasteiger partial charge is 0.296 e. The summed E-state index contributed by atoms with van der Waals surface area (Å²) in [6.07, 6.45) is 1.44. The molecule has 0 saturated heterocycles. The highest BCUT2D eigenvalue weighted by molar-refractivity contribution is 5.99. The van der Waals surface area contributed by atoms with E-state index in [0.717, 1.165) is 12.8 Å². The average molecular weight is 279 g/mol. The van der Waals surface area contributed by atoms with E-state index >= 15 is 0 Å². The molecule has 1 aliphatic carbocycles. The summed E-state index contributed by atoms with van der Waals surface area (Å²) in [6.45, 7) is 2.46. The molecule has 1 amide bonds. The number of hydrogen-bond acceptors (Lipinski definition) is 5. The Morgan fingerprint density at radius 1 is 1.55 bits per heavy atom. The minimum atomic E-state index is -0.549. The molecule has 0 bridgehead atoms. The van der Waals surface area contributed by atoms with Crippen molar-refractivity contribution in [2.24, 2.45) is 11.1 Å². The molecule has 0 aromatic heterocycles. The molecule has 7 nitrogen and oxygen atoms in total. The number of nitrogens with two attached hydrogens (primary N) is 1. The van der Waals surface area contributed by atoms with Gasteiger partial charge in [0.25, 0.3) is 5.69 Å². The second kappa shape index (κ2) is 5.46. The Bertz CT molecular complexity index is 540. The van der Waals surface area contributed by atoms with E-state index in [4.69, 9.17) is 10.5 Å². The second-order valence-electron chi connectivity index (χ2n) is 4.81. The summed E-state index contributed by atoms with van der Waals surface area (Å²) < 4.78 is 5.22. The number of carbonyl (C=O) groups excluding carboxylic acids is 1. The number of nitrogens with zero attached hydrogens (tertiary/aromatic N) is 1. The highest BCUT2D eigenvalue weighted by Gasteiger charge is 2.48. The summed E-state index contributed by atoms with van der Waals surface area (Å²) in [5.41, 5.74) is 5.01. The van der Waals surface area contributed by atoms with Crippen molar-refractivity contribution in [3.63, 3.8) is 0 Å². The maximum atomic E-state index is 12.1. The van der Waals surface area contributed by atoms with Crippen molar-refractivity contribution in [1.82, 2.24) is 0 Å². The Morgan fingerprint density at radius 3 is 2.75 bits per heavy atom. The van der Waals surface area contributed by atoms with Crippen LogP contribution in [0.15, 0.2) is 18.2 Å². The minimum Gasteiger partial charge on any atom is -0.494 e. The van der Waals surface area contributed by atoms with Crippen molar-refractivity contribution in [3.8, 4) is 5.75 Å². The molecule has 0 spiro atoms. The van der Waals surface area contributed by atoms with Gasteiger partial charge in [-0.1, -0.05) is 0 Å². The molecule has 3 N–H and O–H groups in total. The third-order valence-electron chi connectivity index (χ3n) is 3.45. The van der Waals surface area contributed by atoms with Crippen LogP contribution in [-0.4, -0.2) is 24.0 Å². The molecule has 0 heterocycles. The first-order chi connectivity index (χ1) is 9.52. The van der Waals surface area contributed by atoms with Crippen LogP contribution in [0.1, 0.15) is 19.8 Å². The fourth-order valence-electron chi connectivity index (χ4n) is 1.95. The monoisotopic (exact) mass is 279 g/mol. The third-order valence-corrected chi connectivity index (χ3v) is 3.45. The van der Waals surface area contributed by atoms with Crippen molar-refractivity contribution in [2.75, 3.05) is 18.5 Å². The Kier molecular flexibility index (Phi) is 3.89.